The minimum Gasteiger partial charge on any atom is -0.355 e. The molecule has 2 amide bonds. The molecule has 5 nitrogen and oxygen atoms in total. The molecule has 20 heavy (non-hydrogen) atoms. The van der Waals surface area contributed by atoms with Gasteiger partial charge >= 0.3 is 0 Å². The molecule has 0 aromatic heterocycles. The highest BCUT2D eigenvalue weighted by Gasteiger charge is 2.06. The number of benzene rings is 1. The molecule has 0 atom stereocenters. The highest BCUT2D eigenvalue weighted by Crippen LogP contribution is 2.10. The molecule has 0 unspecified atom stereocenters. The van der Waals surface area contributed by atoms with Gasteiger partial charge in [0.15, 0.2) is 0 Å². The van der Waals surface area contributed by atoms with Crippen molar-refractivity contribution in [1.29, 1.82) is 0 Å². The second-order valence-electron chi connectivity index (χ2n) is 4.27. The molecule has 0 saturated heterocycles. The molecule has 0 fully saturated rings. The third-order valence-corrected chi connectivity index (χ3v) is 2.60. The van der Waals surface area contributed by atoms with Gasteiger partial charge in [0.1, 0.15) is 0 Å². The lowest BCUT2D eigenvalue weighted by atomic mass is 10.0. The lowest BCUT2D eigenvalue weighted by Gasteiger charge is -2.07. The summed E-state index contributed by atoms with van der Waals surface area (Å²) in [7, 11) is 0. The maximum atomic E-state index is 11.9. The summed E-state index contributed by atoms with van der Waals surface area (Å²) in [6.45, 7) is 4.46. The first kappa shape index (κ1) is 15.7. The van der Waals surface area contributed by atoms with Crippen molar-refractivity contribution in [3.8, 4) is 11.8 Å². The maximum Gasteiger partial charge on any atom is 0.251 e. The van der Waals surface area contributed by atoms with E-state index in [0.717, 1.165) is 11.1 Å². The van der Waals surface area contributed by atoms with Crippen molar-refractivity contribution >= 4 is 11.8 Å². The molecule has 0 bridgehead atoms. The first-order valence-corrected chi connectivity index (χ1v) is 6.37. The van der Waals surface area contributed by atoms with E-state index in [1.807, 2.05) is 6.92 Å². The van der Waals surface area contributed by atoms with E-state index in [-0.39, 0.29) is 11.8 Å². The molecule has 0 aliphatic rings. The lowest BCUT2D eigenvalue weighted by molar-refractivity contribution is -0.118. The van der Waals surface area contributed by atoms with Crippen LogP contribution >= 0.6 is 0 Å². The number of aryl methyl sites for hydroxylation is 1. The summed E-state index contributed by atoms with van der Waals surface area (Å²) in [4.78, 5) is 22.6. The van der Waals surface area contributed by atoms with Crippen molar-refractivity contribution in [3.05, 3.63) is 34.9 Å². The number of hydrogen-bond acceptors (Lipinski definition) is 3. The van der Waals surface area contributed by atoms with Gasteiger partial charge < -0.3 is 16.4 Å². The molecule has 106 valence electrons. The summed E-state index contributed by atoms with van der Waals surface area (Å²) in [6, 6.07) is 5.32. The predicted molar refractivity (Wildman–Crippen MR) is 78.1 cm³/mol. The van der Waals surface area contributed by atoms with Crippen molar-refractivity contribution in [2.24, 2.45) is 5.73 Å². The van der Waals surface area contributed by atoms with Crippen LogP contribution < -0.4 is 16.4 Å². The maximum absolute atomic E-state index is 11.9. The van der Waals surface area contributed by atoms with Crippen LogP contribution in [0.15, 0.2) is 18.2 Å². The number of hydrogen-bond donors (Lipinski definition) is 3. The average molecular weight is 273 g/mol. The van der Waals surface area contributed by atoms with Crippen molar-refractivity contribution in [1.82, 2.24) is 10.6 Å². The van der Waals surface area contributed by atoms with E-state index in [0.29, 0.717) is 25.2 Å². The zero-order valence-electron chi connectivity index (χ0n) is 11.7. The van der Waals surface area contributed by atoms with Crippen LogP contribution in [0.4, 0.5) is 0 Å². The van der Waals surface area contributed by atoms with Crippen LogP contribution in [0.1, 0.15) is 28.4 Å². The van der Waals surface area contributed by atoms with E-state index in [1.54, 1.807) is 18.2 Å². The van der Waals surface area contributed by atoms with E-state index < -0.39 is 0 Å². The van der Waals surface area contributed by atoms with Gasteiger partial charge in [-0.15, -0.1) is 0 Å². The standard InChI is InChI=1S/C15H19N3O2/c1-11-10-14(6-5-13(11)4-3-7-16)15(20)18-9-8-17-12(2)19/h5-6,10H,7-9,16H2,1-2H3,(H,17,19)(H,18,20). The molecule has 1 aromatic rings. The van der Waals surface area contributed by atoms with Crippen molar-refractivity contribution in [2.75, 3.05) is 19.6 Å². The third-order valence-electron chi connectivity index (χ3n) is 2.60. The molecule has 0 spiro atoms. The lowest BCUT2D eigenvalue weighted by Crippen LogP contribution is -2.33. The normalized spacial score (nSPS) is 9.35. The summed E-state index contributed by atoms with van der Waals surface area (Å²) in [5.74, 6) is 5.45. The van der Waals surface area contributed by atoms with E-state index in [2.05, 4.69) is 22.5 Å². The van der Waals surface area contributed by atoms with Crippen LogP contribution in [-0.2, 0) is 4.79 Å². The van der Waals surface area contributed by atoms with Gasteiger partial charge in [0.2, 0.25) is 5.91 Å². The molecule has 0 radical (unpaired) electrons. The van der Waals surface area contributed by atoms with Crippen molar-refractivity contribution in [2.45, 2.75) is 13.8 Å². The average Bonchev–Trinajstić information content (AvgIpc) is 2.41. The molecule has 5 heteroatoms. The second-order valence-corrected chi connectivity index (χ2v) is 4.27. The molecule has 0 aliphatic heterocycles. The molecule has 4 N–H and O–H groups in total. The zero-order valence-corrected chi connectivity index (χ0v) is 11.7. The SMILES string of the molecule is CC(=O)NCCNC(=O)c1ccc(C#CCN)c(C)c1. The second kappa shape index (κ2) is 7.97. The molecule has 0 heterocycles. The predicted octanol–water partition coefficient (Wildman–Crippen LogP) is 0.171. The number of carbonyl (C=O) groups excluding carboxylic acids is 2. The van der Waals surface area contributed by atoms with E-state index in [9.17, 15) is 9.59 Å². The Morgan fingerprint density at radius 3 is 2.55 bits per heavy atom. The van der Waals surface area contributed by atoms with E-state index in [4.69, 9.17) is 5.73 Å². The number of nitrogens with two attached hydrogens (primary N) is 1. The summed E-state index contributed by atoms with van der Waals surface area (Å²) in [5, 5.41) is 5.35. The van der Waals surface area contributed by atoms with Gasteiger partial charge in [-0.05, 0) is 30.7 Å². The fourth-order valence-corrected chi connectivity index (χ4v) is 1.61. The van der Waals surface area contributed by atoms with Gasteiger partial charge in [-0.3, -0.25) is 9.59 Å². The summed E-state index contributed by atoms with van der Waals surface area (Å²) >= 11 is 0. The van der Waals surface area contributed by atoms with Crippen LogP contribution in [0.5, 0.6) is 0 Å². The topological polar surface area (TPSA) is 84.2 Å². The van der Waals surface area contributed by atoms with Crippen LogP contribution in [0.3, 0.4) is 0 Å². The molecule has 1 rings (SSSR count). The van der Waals surface area contributed by atoms with E-state index >= 15 is 0 Å². The largest absolute Gasteiger partial charge is 0.355 e. The minimum absolute atomic E-state index is 0.113. The number of amides is 2. The van der Waals surface area contributed by atoms with Crippen LogP contribution in [0.2, 0.25) is 0 Å². The Bertz CT molecular complexity index is 556. The molecular formula is C15H19N3O2. The van der Waals surface area contributed by atoms with Crippen LogP contribution in [-0.4, -0.2) is 31.4 Å². The Labute approximate surface area is 118 Å². The van der Waals surface area contributed by atoms with Gasteiger partial charge in [-0.1, -0.05) is 11.8 Å². The van der Waals surface area contributed by atoms with Gasteiger partial charge in [0, 0.05) is 31.1 Å². The Morgan fingerprint density at radius 2 is 1.95 bits per heavy atom. The summed E-state index contributed by atoms with van der Waals surface area (Å²) < 4.78 is 0. The minimum atomic E-state index is -0.170. The fraction of sp³-hybridized carbons (Fsp3) is 0.333. The molecular weight excluding hydrogens is 254 g/mol. The number of nitrogens with one attached hydrogen (secondary N) is 2. The number of carbonyl (C=O) groups is 2. The Balaban J connectivity index is 2.61. The van der Waals surface area contributed by atoms with Crippen molar-refractivity contribution < 1.29 is 9.59 Å². The first-order chi connectivity index (χ1) is 9.54. The summed E-state index contributed by atoms with van der Waals surface area (Å²) in [6.07, 6.45) is 0. The Morgan fingerprint density at radius 1 is 1.25 bits per heavy atom. The molecule has 0 aliphatic carbocycles. The van der Waals surface area contributed by atoms with Gasteiger partial charge in [-0.25, -0.2) is 0 Å². The molecule has 1 aromatic carbocycles. The third kappa shape index (κ3) is 5.12. The highest BCUT2D eigenvalue weighted by molar-refractivity contribution is 5.94. The Kier molecular flexibility index (Phi) is 6.27. The fourth-order valence-electron chi connectivity index (χ4n) is 1.61. The highest BCUT2D eigenvalue weighted by atomic mass is 16.2. The van der Waals surface area contributed by atoms with Crippen LogP contribution in [0, 0.1) is 18.8 Å². The molecule has 0 saturated carbocycles. The van der Waals surface area contributed by atoms with Crippen molar-refractivity contribution in [3.63, 3.8) is 0 Å². The zero-order chi connectivity index (χ0) is 15.0. The smallest absolute Gasteiger partial charge is 0.251 e. The van der Waals surface area contributed by atoms with Gasteiger partial charge in [-0.2, -0.15) is 0 Å². The van der Waals surface area contributed by atoms with Gasteiger partial charge in [0.25, 0.3) is 5.91 Å². The quantitative estimate of drug-likeness (QED) is 0.540. The summed E-state index contributed by atoms with van der Waals surface area (Å²) in [5.41, 5.74) is 7.70. The van der Waals surface area contributed by atoms with E-state index in [1.165, 1.54) is 6.92 Å². The Hall–Kier alpha value is -2.32. The monoisotopic (exact) mass is 273 g/mol. The first-order valence-electron chi connectivity index (χ1n) is 6.37. The number of rotatable bonds is 4. The van der Waals surface area contributed by atoms with Crippen LogP contribution in [0.25, 0.3) is 0 Å². The van der Waals surface area contributed by atoms with Gasteiger partial charge in [0.05, 0.1) is 6.54 Å².